The van der Waals surface area contributed by atoms with Gasteiger partial charge >= 0.3 is 5.69 Å². The van der Waals surface area contributed by atoms with Gasteiger partial charge in [0.05, 0.1) is 11.6 Å². The third-order valence-corrected chi connectivity index (χ3v) is 5.78. The Morgan fingerprint density at radius 3 is 2.51 bits per heavy atom. The second kappa shape index (κ2) is 9.15. The summed E-state index contributed by atoms with van der Waals surface area (Å²) in [4.78, 5) is 39.7. The van der Waals surface area contributed by atoms with Gasteiger partial charge in [-0.25, -0.2) is 4.79 Å². The number of nitrogens with zero attached hydrogens (tertiary/aromatic N) is 3. The number of nitriles is 1. The molecule has 5 rings (SSSR count). The summed E-state index contributed by atoms with van der Waals surface area (Å²) < 4.78 is 8.23. The summed E-state index contributed by atoms with van der Waals surface area (Å²) in [6.07, 6.45) is 0.467. The van der Waals surface area contributed by atoms with Crippen molar-refractivity contribution in [3.63, 3.8) is 0 Å². The topological polar surface area (TPSA) is 110 Å². The molecule has 0 saturated heterocycles. The molecule has 5 aromatic rings. The molecule has 1 amide bonds. The Hall–Kier alpha value is -4.90. The molecule has 0 aliphatic heterocycles. The first kappa shape index (κ1) is 21.9. The summed E-state index contributed by atoms with van der Waals surface area (Å²) in [6, 6.07) is 25.1. The molecule has 0 aliphatic carbocycles. The summed E-state index contributed by atoms with van der Waals surface area (Å²) in [6.45, 7) is -0.193. The molecule has 35 heavy (non-hydrogen) atoms. The summed E-state index contributed by atoms with van der Waals surface area (Å²) in [5.74, 6) is -0.470. The Bertz CT molecular complexity index is 1720. The molecule has 2 heterocycles. The van der Waals surface area contributed by atoms with Gasteiger partial charge in [-0.3, -0.25) is 18.7 Å². The van der Waals surface area contributed by atoms with Gasteiger partial charge in [0.15, 0.2) is 0 Å². The average Bonchev–Trinajstić information content (AvgIpc) is 3.27. The normalized spacial score (nSPS) is 10.9. The Morgan fingerprint density at radius 1 is 0.943 bits per heavy atom. The number of furan rings is 1. The van der Waals surface area contributed by atoms with Crippen LogP contribution in [0.15, 0.2) is 92.9 Å². The lowest BCUT2D eigenvalue weighted by atomic mass is 10.1. The van der Waals surface area contributed by atoms with Crippen LogP contribution in [0.2, 0.25) is 0 Å². The highest BCUT2D eigenvalue weighted by molar-refractivity contribution is 6.03. The lowest BCUT2D eigenvalue weighted by molar-refractivity contribution is -0.116. The number of fused-ring (bicyclic) bond motifs is 3. The SMILES string of the molecule is N#Cc1cccc(NC(=O)Cn2c(=O)n(CCc3ccccc3)c(=O)c3oc4ccccc4c32)c1. The van der Waals surface area contributed by atoms with Crippen molar-refractivity contribution in [2.24, 2.45) is 0 Å². The maximum atomic E-state index is 13.5. The van der Waals surface area contributed by atoms with Crippen molar-refractivity contribution >= 4 is 33.7 Å². The van der Waals surface area contributed by atoms with Crippen LogP contribution < -0.4 is 16.6 Å². The molecule has 0 spiro atoms. The van der Waals surface area contributed by atoms with Gasteiger partial charge in [-0.05, 0) is 42.3 Å². The number of aryl methyl sites for hydroxylation is 1. The quantitative estimate of drug-likeness (QED) is 0.412. The number of carbonyl (C=O) groups excluding carboxylic acids is 1. The van der Waals surface area contributed by atoms with Gasteiger partial charge in [-0.15, -0.1) is 0 Å². The Labute approximate surface area is 199 Å². The molecule has 0 fully saturated rings. The standard InChI is InChI=1S/C27H20N4O4/c28-16-19-9-6-10-20(15-19)29-23(32)17-31-24-21-11-4-5-12-22(21)35-25(24)26(33)30(27(31)34)14-13-18-7-2-1-3-8-18/h1-12,15H,13-14,17H2,(H,29,32). The first-order valence-electron chi connectivity index (χ1n) is 11.0. The van der Waals surface area contributed by atoms with Gasteiger partial charge in [0, 0.05) is 17.6 Å². The minimum absolute atomic E-state index is 0.0261. The zero-order valence-corrected chi connectivity index (χ0v) is 18.6. The first-order valence-corrected chi connectivity index (χ1v) is 11.0. The van der Waals surface area contributed by atoms with Crippen molar-refractivity contribution < 1.29 is 9.21 Å². The molecule has 0 saturated carbocycles. The van der Waals surface area contributed by atoms with Crippen LogP contribution in [0.25, 0.3) is 22.1 Å². The van der Waals surface area contributed by atoms with Gasteiger partial charge in [0.1, 0.15) is 17.6 Å². The average molecular weight is 464 g/mol. The maximum absolute atomic E-state index is 13.5. The van der Waals surface area contributed by atoms with E-state index >= 15 is 0 Å². The summed E-state index contributed by atoms with van der Waals surface area (Å²) in [5, 5.41) is 12.4. The van der Waals surface area contributed by atoms with E-state index in [1.165, 1.54) is 4.57 Å². The first-order chi connectivity index (χ1) is 17.0. The molecule has 1 N–H and O–H groups in total. The highest BCUT2D eigenvalue weighted by Crippen LogP contribution is 2.25. The number of hydrogen-bond acceptors (Lipinski definition) is 5. The summed E-state index contributed by atoms with van der Waals surface area (Å²) in [5.41, 5.74) is 1.46. The van der Waals surface area contributed by atoms with Crippen LogP contribution in [0.1, 0.15) is 11.1 Å². The summed E-state index contributed by atoms with van der Waals surface area (Å²) >= 11 is 0. The number of aromatic nitrogens is 2. The van der Waals surface area contributed by atoms with E-state index in [0.717, 1.165) is 10.1 Å². The number of rotatable bonds is 6. The van der Waals surface area contributed by atoms with Crippen LogP contribution in [-0.2, 0) is 24.3 Å². The number of amides is 1. The Morgan fingerprint density at radius 2 is 1.71 bits per heavy atom. The predicted octanol–water partition coefficient (Wildman–Crippen LogP) is 3.66. The van der Waals surface area contributed by atoms with Crippen LogP contribution in [0.3, 0.4) is 0 Å². The highest BCUT2D eigenvalue weighted by Gasteiger charge is 2.21. The Kier molecular flexibility index (Phi) is 5.73. The molecule has 172 valence electrons. The lowest BCUT2D eigenvalue weighted by Crippen LogP contribution is -2.41. The highest BCUT2D eigenvalue weighted by atomic mass is 16.3. The number of anilines is 1. The zero-order chi connectivity index (χ0) is 24.4. The fraction of sp³-hybridized carbons (Fsp3) is 0.111. The second-order valence-corrected chi connectivity index (χ2v) is 8.08. The van der Waals surface area contributed by atoms with E-state index in [4.69, 9.17) is 9.68 Å². The second-order valence-electron chi connectivity index (χ2n) is 8.08. The summed E-state index contributed by atoms with van der Waals surface area (Å²) in [7, 11) is 0. The Balaban J connectivity index is 1.59. The monoisotopic (exact) mass is 464 g/mol. The molecule has 0 bridgehead atoms. The van der Waals surface area contributed by atoms with Crippen molar-refractivity contribution in [2.75, 3.05) is 5.32 Å². The van der Waals surface area contributed by atoms with Crippen molar-refractivity contribution in [3.8, 4) is 6.07 Å². The van der Waals surface area contributed by atoms with E-state index < -0.39 is 17.2 Å². The van der Waals surface area contributed by atoms with Gasteiger partial charge < -0.3 is 9.73 Å². The van der Waals surface area contributed by atoms with Crippen molar-refractivity contribution in [1.82, 2.24) is 9.13 Å². The number of carbonyl (C=O) groups is 1. The van der Waals surface area contributed by atoms with Crippen LogP contribution in [0.5, 0.6) is 0 Å². The van der Waals surface area contributed by atoms with Crippen LogP contribution in [0, 0.1) is 11.3 Å². The van der Waals surface area contributed by atoms with Crippen LogP contribution in [-0.4, -0.2) is 15.0 Å². The van der Waals surface area contributed by atoms with Gasteiger partial charge in [-0.2, -0.15) is 5.26 Å². The molecule has 2 aromatic heterocycles. The van der Waals surface area contributed by atoms with Crippen LogP contribution in [0.4, 0.5) is 5.69 Å². The van der Waals surface area contributed by atoms with Gasteiger partial charge in [0.2, 0.25) is 11.5 Å². The molecule has 0 unspecified atom stereocenters. The minimum atomic E-state index is -0.592. The van der Waals surface area contributed by atoms with Crippen LogP contribution >= 0.6 is 0 Å². The van der Waals surface area contributed by atoms with Crippen molar-refractivity contribution in [1.29, 1.82) is 5.26 Å². The van der Waals surface area contributed by atoms with Gasteiger partial charge in [-0.1, -0.05) is 48.5 Å². The number of hydrogen-bond donors (Lipinski definition) is 1. The van der Waals surface area contributed by atoms with E-state index in [9.17, 15) is 14.4 Å². The van der Waals surface area contributed by atoms with Gasteiger partial charge in [0.25, 0.3) is 5.56 Å². The number of nitrogens with one attached hydrogen (secondary N) is 1. The van der Waals surface area contributed by atoms with Crippen molar-refractivity contribution in [3.05, 3.63) is 111 Å². The van der Waals surface area contributed by atoms with Crippen molar-refractivity contribution in [2.45, 2.75) is 19.5 Å². The smallest absolute Gasteiger partial charge is 0.332 e. The third-order valence-electron chi connectivity index (χ3n) is 5.78. The van der Waals surface area contributed by atoms with E-state index in [2.05, 4.69) is 5.32 Å². The molecule has 8 nitrogen and oxygen atoms in total. The third kappa shape index (κ3) is 4.23. The molecule has 0 atom stereocenters. The fourth-order valence-electron chi connectivity index (χ4n) is 4.14. The molecule has 8 heteroatoms. The number of para-hydroxylation sites is 1. The molecular formula is C27H20N4O4. The van der Waals surface area contributed by atoms with E-state index in [1.54, 1.807) is 48.5 Å². The van der Waals surface area contributed by atoms with E-state index in [1.807, 2.05) is 36.4 Å². The zero-order valence-electron chi connectivity index (χ0n) is 18.6. The van der Waals surface area contributed by atoms with E-state index in [-0.39, 0.29) is 24.2 Å². The largest absolute Gasteiger partial charge is 0.449 e. The molecule has 0 aliphatic rings. The lowest BCUT2D eigenvalue weighted by Gasteiger charge is -2.12. The van der Waals surface area contributed by atoms with E-state index in [0.29, 0.717) is 28.6 Å². The predicted molar refractivity (Wildman–Crippen MR) is 132 cm³/mol. The number of benzene rings is 3. The fourth-order valence-corrected chi connectivity index (χ4v) is 4.14. The molecule has 3 aromatic carbocycles. The molecular weight excluding hydrogens is 444 g/mol. The minimum Gasteiger partial charge on any atom is -0.449 e. The maximum Gasteiger partial charge on any atom is 0.332 e. The molecule has 0 radical (unpaired) electrons.